The fourth-order valence-corrected chi connectivity index (χ4v) is 3.53. The monoisotopic (exact) mass is 454 g/mol. The molecule has 0 saturated carbocycles. The number of fused-ring (bicyclic) bond motifs is 1. The van der Waals surface area contributed by atoms with Crippen molar-refractivity contribution in [3.05, 3.63) is 32.4 Å². The van der Waals surface area contributed by atoms with E-state index in [0.717, 1.165) is 5.69 Å². The second-order valence-electron chi connectivity index (χ2n) is 7.75. The number of carbonyl (C=O) groups is 1. The van der Waals surface area contributed by atoms with Crippen LogP contribution in [0.4, 0.5) is 14.9 Å². The Labute approximate surface area is 171 Å². The predicted octanol–water partition coefficient (Wildman–Crippen LogP) is 3.44. The maximum Gasteiger partial charge on any atom is 0.410 e. The molecule has 3 rings (SSSR count). The summed E-state index contributed by atoms with van der Waals surface area (Å²) in [6.45, 7) is 9.34. The van der Waals surface area contributed by atoms with Crippen molar-refractivity contribution in [3.63, 3.8) is 0 Å². The molecular weight excluding hydrogens is 431 g/mol. The Morgan fingerprint density at radius 3 is 2.54 bits per heavy atom. The highest BCUT2D eigenvalue weighted by atomic mass is 79.9. The Kier molecular flexibility index (Phi) is 5.65. The first-order chi connectivity index (χ1) is 13.1. The van der Waals surface area contributed by atoms with Crippen molar-refractivity contribution in [1.29, 1.82) is 0 Å². The standard InChI is InChI=1S/C19H24BrFN4O3/c1-5-12-15(16(26)14-13(22-12)10-11(21)17(20)23-14)24-6-8-25(9-7-24)18(27)28-19(2,3)4/h10H,5-9H2,1-4H3,(H,22,26). The molecule has 1 amide bonds. The van der Waals surface area contributed by atoms with Gasteiger partial charge in [-0.05, 0) is 43.1 Å². The van der Waals surface area contributed by atoms with Crippen molar-refractivity contribution >= 4 is 38.7 Å². The van der Waals surface area contributed by atoms with Crippen LogP contribution in [0.5, 0.6) is 0 Å². The minimum atomic E-state index is -0.548. The minimum Gasteiger partial charge on any atom is -0.444 e. The van der Waals surface area contributed by atoms with Gasteiger partial charge in [-0.25, -0.2) is 14.2 Å². The molecule has 1 aliphatic heterocycles. The fourth-order valence-electron chi connectivity index (χ4n) is 3.24. The molecule has 0 aliphatic carbocycles. The van der Waals surface area contributed by atoms with E-state index in [1.54, 1.807) is 4.90 Å². The van der Waals surface area contributed by atoms with E-state index >= 15 is 0 Å². The van der Waals surface area contributed by atoms with Gasteiger partial charge in [0.1, 0.15) is 21.4 Å². The Morgan fingerprint density at radius 1 is 1.32 bits per heavy atom. The molecule has 0 unspecified atom stereocenters. The number of carbonyl (C=O) groups excluding carboxylic acids is 1. The van der Waals surface area contributed by atoms with Gasteiger partial charge in [-0.1, -0.05) is 6.92 Å². The Balaban J connectivity index is 1.88. The number of pyridine rings is 2. The van der Waals surface area contributed by atoms with E-state index in [1.165, 1.54) is 6.07 Å². The number of piperazine rings is 1. The van der Waals surface area contributed by atoms with Gasteiger partial charge in [-0.3, -0.25) is 4.79 Å². The molecule has 2 aromatic heterocycles. The first-order valence-corrected chi connectivity index (χ1v) is 10.0. The molecule has 1 aliphatic rings. The van der Waals surface area contributed by atoms with Gasteiger partial charge < -0.3 is 19.5 Å². The van der Waals surface area contributed by atoms with E-state index in [9.17, 15) is 14.0 Å². The second-order valence-corrected chi connectivity index (χ2v) is 8.50. The molecule has 2 aromatic rings. The number of hydrogen-bond donors (Lipinski definition) is 1. The van der Waals surface area contributed by atoms with Crippen LogP contribution >= 0.6 is 15.9 Å². The highest BCUT2D eigenvalue weighted by molar-refractivity contribution is 9.10. The third-order valence-corrected chi connectivity index (χ3v) is 5.09. The summed E-state index contributed by atoms with van der Waals surface area (Å²) in [7, 11) is 0. The first-order valence-electron chi connectivity index (χ1n) is 9.24. The normalized spacial score (nSPS) is 15.2. The summed E-state index contributed by atoms with van der Waals surface area (Å²) < 4.78 is 19.2. The summed E-state index contributed by atoms with van der Waals surface area (Å²) in [6, 6.07) is 1.27. The summed E-state index contributed by atoms with van der Waals surface area (Å²) in [5, 5.41) is 0. The van der Waals surface area contributed by atoms with E-state index in [2.05, 4.69) is 25.9 Å². The predicted molar refractivity (Wildman–Crippen MR) is 109 cm³/mol. The van der Waals surface area contributed by atoms with Gasteiger partial charge >= 0.3 is 6.09 Å². The van der Waals surface area contributed by atoms with Crippen LogP contribution in [0.15, 0.2) is 15.5 Å². The average molecular weight is 455 g/mol. The molecule has 0 bridgehead atoms. The van der Waals surface area contributed by atoms with Gasteiger partial charge in [0.05, 0.1) is 5.52 Å². The lowest BCUT2D eigenvalue weighted by molar-refractivity contribution is 0.0240. The van der Waals surface area contributed by atoms with E-state index < -0.39 is 11.4 Å². The average Bonchev–Trinajstić information content (AvgIpc) is 2.62. The van der Waals surface area contributed by atoms with Gasteiger partial charge in [-0.2, -0.15) is 0 Å². The Morgan fingerprint density at radius 2 is 1.96 bits per heavy atom. The van der Waals surface area contributed by atoms with Gasteiger partial charge in [-0.15, -0.1) is 0 Å². The van der Waals surface area contributed by atoms with Crippen molar-refractivity contribution in [1.82, 2.24) is 14.9 Å². The molecule has 3 heterocycles. The number of nitrogens with one attached hydrogen (secondary N) is 1. The summed E-state index contributed by atoms with van der Waals surface area (Å²) in [6.07, 6.45) is 0.237. The third-order valence-electron chi connectivity index (χ3n) is 4.54. The summed E-state index contributed by atoms with van der Waals surface area (Å²) >= 11 is 3.04. The zero-order valence-electron chi connectivity index (χ0n) is 16.4. The van der Waals surface area contributed by atoms with Crippen LogP contribution < -0.4 is 10.3 Å². The van der Waals surface area contributed by atoms with Crippen LogP contribution in [0.2, 0.25) is 0 Å². The number of rotatable bonds is 2. The first kappa shape index (κ1) is 20.6. The minimum absolute atomic E-state index is 0.00967. The molecular formula is C19H24BrFN4O3. The maximum absolute atomic E-state index is 13.8. The molecule has 7 nitrogen and oxygen atoms in total. The van der Waals surface area contributed by atoms with Crippen LogP contribution in [-0.2, 0) is 11.2 Å². The van der Waals surface area contributed by atoms with E-state index in [4.69, 9.17) is 4.74 Å². The van der Waals surface area contributed by atoms with E-state index in [-0.39, 0.29) is 21.6 Å². The number of aromatic nitrogens is 2. The van der Waals surface area contributed by atoms with Crippen molar-refractivity contribution in [3.8, 4) is 0 Å². The zero-order chi connectivity index (χ0) is 20.6. The van der Waals surface area contributed by atoms with Crippen LogP contribution in [0, 0.1) is 5.82 Å². The highest BCUT2D eigenvalue weighted by Crippen LogP contribution is 2.23. The van der Waals surface area contributed by atoms with Gasteiger partial charge in [0, 0.05) is 37.9 Å². The molecule has 0 spiro atoms. The molecule has 28 heavy (non-hydrogen) atoms. The number of halogens is 2. The number of hydrogen-bond acceptors (Lipinski definition) is 5. The number of aryl methyl sites for hydroxylation is 1. The van der Waals surface area contributed by atoms with Crippen molar-refractivity contribution in [2.45, 2.75) is 39.7 Å². The molecule has 0 atom stereocenters. The maximum atomic E-state index is 13.8. The molecule has 1 fully saturated rings. The highest BCUT2D eigenvalue weighted by Gasteiger charge is 2.28. The van der Waals surface area contributed by atoms with Gasteiger partial charge in [0.15, 0.2) is 5.82 Å². The zero-order valence-corrected chi connectivity index (χ0v) is 18.0. The molecule has 0 radical (unpaired) electrons. The lowest BCUT2D eigenvalue weighted by Gasteiger charge is -2.37. The molecule has 1 N–H and O–H groups in total. The number of amides is 1. The lowest BCUT2D eigenvalue weighted by Crippen LogP contribution is -2.51. The van der Waals surface area contributed by atoms with Gasteiger partial charge in [0.2, 0.25) is 5.43 Å². The molecule has 9 heteroatoms. The van der Waals surface area contributed by atoms with Crippen molar-refractivity contribution in [2.75, 3.05) is 31.1 Å². The quantitative estimate of drug-likeness (QED) is 0.703. The number of aromatic amines is 1. The molecule has 152 valence electrons. The summed E-state index contributed by atoms with van der Waals surface area (Å²) in [5.74, 6) is -0.524. The SMILES string of the molecule is CCc1[nH]c2cc(F)c(Br)nc2c(=O)c1N1CCN(C(=O)OC(C)(C)C)CC1. The van der Waals surface area contributed by atoms with Crippen LogP contribution in [0.1, 0.15) is 33.4 Å². The van der Waals surface area contributed by atoms with E-state index in [0.29, 0.717) is 43.8 Å². The van der Waals surface area contributed by atoms with Crippen molar-refractivity contribution < 1.29 is 13.9 Å². The second kappa shape index (κ2) is 7.69. The van der Waals surface area contributed by atoms with E-state index in [1.807, 2.05) is 32.6 Å². The van der Waals surface area contributed by atoms with Crippen molar-refractivity contribution in [2.24, 2.45) is 0 Å². The molecule has 1 saturated heterocycles. The number of anilines is 1. The Hall–Kier alpha value is -2.16. The molecule has 0 aromatic carbocycles. The van der Waals surface area contributed by atoms with Crippen LogP contribution in [0.3, 0.4) is 0 Å². The largest absolute Gasteiger partial charge is 0.444 e. The topological polar surface area (TPSA) is 78.5 Å². The smallest absolute Gasteiger partial charge is 0.410 e. The van der Waals surface area contributed by atoms with Gasteiger partial charge in [0.25, 0.3) is 0 Å². The number of H-pyrrole nitrogens is 1. The fraction of sp³-hybridized carbons (Fsp3) is 0.526. The number of ether oxygens (including phenoxy) is 1. The lowest BCUT2D eigenvalue weighted by atomic mass is 10.1. The number of nitrogens with zero attached hydrogens (tertiary/aromatic N) is 3. The Bertz CT molecular complexity index is 962. The van der Waals surface area contributed by atoms with Crippen LogP contribution in [0.25, 0.3) is 11.0 Å². The third kappa shape index (κ3) is 4.14. The summed E-state index contributed by atoms with van der Waals surface area (Å²) in [4.78, 5) is 36.2. The van der Waals surface area contributed by atoms with Crippen LogP contribution in [-0.4, -0.2) is 52.7 Å². The summed E-state index contributed by atoms with van der Waals surface area (Å²) in [5.41, 5.74) is 1.04.